The zero-order valence-electron chi connectivity index (χ0n) is 8.91. The van der Waals surface area contributed by atoms with Gasteiger partial charge in [-0.1, -0.05) is 18.2 Å². The lowest BCUT2D eigenvalue weighted by Crippen LogP contribution is -2.43. The highest BCUT2D eigenvalue weighted by atomic mass is 32.2. The predicted molar refractivity (Wildman–Crippen MR) is 65.0 cm³/mol. The van der Waals surface area contributed by atoms with E-state index in [2.05, 4.69) is 24.3 Å². The summed E-state index contributed by atoms with van der Waals surface area (Å²) in [5, 5.41) is 0.870. The summed E-state index contributed by atoms with van der Waals surface area (Å²) in [4.78, 5) is 1.43. The van der Waals surface area contributed by atoms with Crippen molar-refractivity contribution in [3.8, 4) is 0 Å². The number of thioether (sulfide) groups is 1. The Morgan fingerprint density at radius 3 is 2.53 bits per heavy atom. The molecule has 0 radical (unpaired) electrons. The van der Waals surface area contributed by atoms with Gasteiger partial charge in [0.05, 0.1) is 0 Å². The molecule has 0 aromatic heterocycles. The highest BCUT2D eigenvalue weighted by Gasteiger charge is 2.36. The topological polar surface area (TPSA) is 26.0 Å². The maximum atomic E-state index is 6.41. The van der Waals surface area contributed by atoms with Crippen LogP contribution in [0.5, 0.6) is 0 Å². The molecule has 1 aromatic carbocycles. The molecular formula is C13H17NS. The maximum absolute atomic E-state index is 6.41. The van der Waals surface area contributed by atoms with Crippen LogP contribution >= 0.6 is 11.8 Å². The van der Waals surface area contributed by atoms with Gasteiger partial charge in [0.25, 0.3) is 0 Å². The van der Waals surface area contributed by atoms with Gasteiger partial charge in [0.15, 0.2) is 0 Å². The number of rotatable bonds is 3. The third-order valence-corrected chi connectivity index (χ3v) is 4.90. The Bertz CT molecular complexity index is 367. The molecule has 80 valence electrons. The molecule has 0 heterocycles. The van der Waals surface area contributed by atoms with Crippen molar-refractivity contribution < 1.29 is 0 Å². The van der Waals surface area contributed by atoms with E-state index in [1.807, 2.05) is 11.8 Å². The lowest BCUT2D eigenvalue weighted by atomic mass is 9.73. The SMILES string of the molecule is NC1(c2ccccc2SC2CC2)CCC1. The summed E-state index contributed by atoms with van der Waals surface area (Å²) >= 11 is 2.03. The van der Waals surface area contributed by atoms with Crippen molar-refractivity contribution in [1.82, 2.24) is 0 Å². The first kappa shape index (κ1) is 9.73. The second kappa shape index (κ2) is 3.53. The molecule has 2 aliphatic rings. The molecule has 1 aromatic rings. The highest BCUT2D eigenvalue weighted by molar-refractivity contribution is 8.00. The molecule has 0 amide bonds. The van der Waals surface area contributed by atoms with Crippen LogP contribution in [0, 0.1) is 0 Å². The molecule has 0 spiro atoms. The molecule has 2 heteroatoms. The van der Waals surface area contributed by atoms with Gasteiger partial charge >= 0.3 is 0 Å². The van der Waals surface area contributed by atoms with Crippen LogP contribution in [0.15, 0.2) is 29.2 Å². The molecule has 0 bridgehead atoms. The van der Waals surface area contributed by atoms with E-state index in [1.54, 1.807) is 0 Å². The van der Waals surface area contributed by atoms with Crippen LogP contribution in [0.1, 0.15) is 37.7 Å². The van der Waals surface area contributed by atoms with Crippen molar-refractivity contribution >= 4 is 11.8 Å². The summed E-state index contributed by atoms with van der Waals surface area (Å²) in [5.74, 6) is 0. The fraction of sp³-hybridized carbons (Fsp3) is 0.538. The Hall–Kier alpha value is -0.470. The van der Waals surface area contributed by atoms with E-state index in [0.717, 1.165) is 18.1 Å². The van der Waals surface area contributed by atoms with E-state index in [4.69, 9.17) is 5.73 Å². The van der Waals surface area contributed by atoms with Gasteiger partial charge in [0.2, 0.25) is 0 Å². The number of hydrogen-bond donors (Lipinski definition) is 1. The van der Waals surface area contributed by atoms with Crippen molar-refractivity contribution in [3.05, 3.63) is 29.8 Å². The minimum Gasteiger partial charge on any atom is -0.321 e. The van der Waals surface area contributed by atoms with Crippen LogP contribution in [-0.2, 0) is 5.54 Å². The van der Waals surface area contributed by atoms with Crippen molar-refractivity contribution in [3.63, 3.8) is 0 Å². The minimum absolute atomic E-state index is 0.00150. The standard InChI is InChI=1S/C13H17NS/c14-13(8-3-9-13)11-4-1-2-5-12(11)15-10-6-7-10/h1-2,4-5,10H,3,6-9,14H2. The number of benzene rings is 1. The maximum Gasteiger partial charge on any atom is 0.0420 e. The summed E-state index contributed by atoms with van der Waals surface area (Å²) in [6.45, 7) is 0. The lowest BCUT2D eigenvalue weighted by Gasteiger charge is -2.39. The molecule has 2 N–H and O–H groups in total. The van der Waals surface area contributed by atoms with Crippen LogP contribution in [-0.4, -0.2) is 5.25 Å². The fourth-order valence-electron chi connectivity index (χ4n) is 2.17. The van der Waals surface area contributed by atoms with Gasteiger partial charge in [-0.15, -0.1) is 11.8 Å². The molecule has 0 aliphatic heterocycles. The molecule has 3 rings (SSSR count). The Morgan fingerprint density at radius 2 is 1.93 bits per heavy atom. The van der Waals surface area contributed by atoms with Gasteiger partial charge in [-0.25, -0.2) is 0 Å². The quantitative estimate of drug-likeness (QED) is 0.844. The molecule has 2 fully saturated rings. The van der Waals surface area contributed by atoms with Crippen molar-refractivity contribution in [2.45, 2.75) is 47.8 Å². The van der Waals surface area contributed by atoms with E-state index in [-0.39, 0.29) is 5.54 Å². The lowest BCUT2D eigenvalue weighted by molar-refractivity contribution is 0.249. The van der Waals surface area contributed by atoms with Crippen molar-refractivity contribution in [1.29, 1.82) is 0 Å². The second-order valence-corrected chi connectivity index (χ2v) is 6.17. The number of hydrogen-bond acceptors (Lipinski definition) is 2. The van der Waals surface area contributed by atoms with E-state index in [1.165, 1.54) is 29.7 Å². The van der Waals surface area contributed by atoms with Gasteiger partial charge < -0.3 is 5.73 Å². The zero-order chi connectivity index (χ0) is 10.3. The minimum atomic E-state index is -0.00150. The highest BCUT2D eigenvalue weighted by Crippen LogP contribution is 2.46. The first-order valence-corrected chi connectivity index (χ1v) is 6.71. The fourth-order valence-corrected chi connectivity index (χ4v) is 3.46. The average molecular weight is 219 g/mol. The average Bonchev–Trinajstić information content (AvgIpc) is 2.99. The third kappa shape index (κ3) is 1.81. The largest absolute Gasteiger partial charge is 0.321 e. The zero-order valence-corrected chi connectivity index (χ0v) is 9.72. The smallest absolute Gasteiger partial charge is 0.0420 e. The molecule has 15 heavy (non-hydrogen) atoms. The van der Waals surface area contributed by atoms with E-state index >= 15 is 0 Å². The number of nitrogens with two attached hydrogens (primary N) is 1. The molecule has 2 aliphatic carbocycles. The van der Waals surface area contributed by atoms with Gasteiger partial charge in [-0.05, 0) is 43.7 Å². The predicted octanol–water partition coefficient (Wildman–Crippen LogP) is 3.28. The molecular weight excluding hydrogens is 202 g/mol. The first-order chi connectivity index (χ1) is 7.28. The molecule has 1 nitrogen and oxygen atoms in total. The third-order valence-electron chi connectivity index (χ3n) is 3.49. The van der Waals surface area contributed by atoms with Crippen LogP contribution < -0.4 is 5.73 Å². The Morgan fingerprint density at radius 1 is 1.20 bits per heavy atom. The normalized spacial score (nSPS) is 23.5. The van der Waals surface area contributed by atoms with Crippen LogP contribution in [0.2, 0.25) is 0 Å². The van der Waals surface area contributed by atoms with Gasteiger partial charge in [0.1, 0.15) is 0 Å². The van der Waals surface area contributed by atoms with Gasteiger partial charge in [-0.3, -0.25) is 0 Å². The molecule has 0 unspecified atom stereocenters. The Labute approximate surface area is 95.4 Å². The van der Waals surface area contributed by atoms with Crippen LogP contribution in [0.4, 0.5) is 0 Å². The van der Waals surface area contributed by atoms with E-state index < -0.39 is 0 Å². The summed E-state index contributed by atoms with van der Waals surface area (Å²) in [7, 11) is 0. The van der Waals surface area contributed by atoms with Crippen molar-refractivity contribution in [2.24, 2.45) is 5.73 Å². The van der Waals surface area contributed by atoms with Crippen molar-refractivity contribution in [2.75, 3.05) is 0 Å². The summed E-state index contributed by atoms with van der Waals surface area (Å²) in [6, 6.07) is 8.73. The summed E-state index contributed by atoms with van der Waals surface area (Å²) < 4.78 is 0. The van der Waals surface area contributed by atoms with Gasteiger partial charge in [-0.2, -0.15) is 0 Å². The Balaban J connectivity index is 1.90. The molecule has 2 saturated carbocycles. The molecule has 0 saturated heterocycles. The monoisotopic (exact) mass is 219 g/mol. The van der Waals surface area contributed by atoms with Crippen LogP contribution in [0.3, 0.4) is 0 Å². The first-order valence-electron chi connectivity index (χ1n) is 5.83. The van der Waals surface area contributed by atoms with E-state index in [9.17, 15) is 0 Å². The molecule has 0 atom stereocenters. The van der Waals surface area contributed by atoms with E-state index in [0.29, 0.717) is 0 Å². The second-order valence-electron chi connectivity index (χ2n) is 4.82. The summed E-state index contributed by atoms with van der Waals surface area (Å²) in [6.07, 6.45) is 6.39. The van der Waals surface area contributed by atoms with Crippen LogP contribution in [0.25, 0.3) is 0 Å². The Kier molecular flexibility index (Phi) is 2.29. The summed E-state index contributed by atoms with van der Waals surface area (Å²) in [5.41, 5.74) is 7.80. The van der Waals surface area contributed by atoms with Gasteiger partial charge in [0, 0.05) is 15.7 Å².